The van der Waals surface area contributed by atoms with E-state index >= 15 is 0 Å². The van der Waals surface area contributed by atoms with Crippen molar-refractivity contribution in [1.82, 2.24) is 20.4 Å². The molecule has 1 atom stereocenters. The molecule has 206 valence electrons. The van der Waals surface area contributed by atoms with E-state index in [0.29, 0.717) is 18.7 Å². The van der Waals surface area contributed by atoms with E-state index < -0.39 is 10.8 Å². The van der Waals surface area contributed by atoms with Crippen molar-refractivity contribution in [2.45, 2.75) is 51.4 Å². The number of hydrogen-bond donors (Lipinski definition) is 2. The number of dihydropyridines is 1. The van der Waals surface area contributed by atoms with Gasteiger partial charge < -0.3 is 20.4 Å². The molecule has 0 radical (unpaired) electrons. The Balaban J connectivity index is 1.46. The molecule has 2 amide bonds. The smallest absolute Gasteiger partial charge is 0.269 e. The number of amides is 2. The lowest BCUT2D eigenvalue weighted by Crippen LogP contribution is -2.42. The van der Waals surface area contributed by atoms with E-state index in [1.807, 2.05) is 13.8 Å². The molecule has 1 saturated heterocycles. The van der Waals surface area contributed by atoms with Crippen LogP contribution in [0.5, 0.6) is 0 Å². The Morgan fingerprint density at radius 1 is 1.08 bits per heavy atom. The molecule has 9 heteroatoms. The molecule has 0 aromatic heterocycles. The highest BCUT2D eigenvalue weighted by molar-refractivity contribution is 5.60. The minimum atomic E-state index is -0.455. The van der Waals surface area contributed by atoms with Crippen molar-refractivity contribution < 1.29 is 14.5 Å². The van der Waals surface area contributed by atoms with E-state index in [1.54, 1.807) is 17.0 Å². The van der Waals surface area contributed by atoms with Gasteiger partial charge in [0.25, 0.3) is 5.69 Å². The van der Waals surface area contributed by atoms with Gasteiger partial charge in [0.2, 0.25) is 12.8 Å². The molecule has 2 aromatic rings. The molecule has 9 nitrogen and oxygen atoms in total. The molecule has 2 heterocycles. The number of carbonyl (C=O) groups excluding carboxylic acids is 2. The first kappa shape index (κ1) is 28.0. The molecule has 39 heavy (non-hydrogen) atoms. The van der Waals surface area contributed by atoms with Crippen LogP contribution >= 0.6 is 0 Å². The monoisotopic (exact) mass is 531 g/mol. The first-order valence-corrected chi connectivity index (χ1v) is 13.4. The fourth-order valence-corrected chi connectivity index (χ4v) is 5.83. The Morgan fingerprint density at radius 2 is 1.74 bits per heavy atom. The highest BCUT2D eigenvalue weighted by atomic mass is 16.6. The van der Waals surface area contributed by atoms with Gasteiger partial charge in [0.05, 0.1) is 22.2 Å². The van der Waals surface area contributed by atoms with E-state index in [4.69, 9.17) is 0 Å². The van der Waals surface area contributed by atoms with Crippen LogP contribution in [0.2, 0.25) is 0 Å². The Kier molecular flexibility index (Phi) is 8.81. The molecule has 0 saturated carbocycles. The molecule has 0 aliphatic carbocycles. The average molecular weight is 532 g/mol. The number of nitrogens with zero attached hydrogens (tertiary/aromatic N) is 3. The Bertz CT molecular complexity index is 1250. The predicted molar refractivity (Wildman–Crippen MR) is 150 cm³/mol. The van der Waals surface area contributed by atoms with Crippen LogP contribution in [0.1, 0.15) is 57.1 Å². The highest BCUT2D eigenvalue weighted by Gasteiger charge is 2.34. The summed E-state index contributed by atoms with van der Waals surface area (Å²) >= 11 is 0. The lowest BCUT2D eigenvalue weighted by atomic mass is 9.74. The third-order valence-corrected chi connectivity index (χ3v) is 8.12. The summed E-state index contributed by atoms with van der Waals surface area (Å²) in [7, 11) is 0. The molecule has 2 aliphatic heterocycles. The molecule has 0 bridgehead atoms. The van der Waals surface area contributed by atoms with Gasteiger partial charge >= 0.3 is 0 Å². The predicted octanol–water partition coefficient (Wildman–Crippen LogP) is 4.39. The second-order valence-electron chi connectivity index (χ2n) is 10.6. The number of benzene rings is 2. The summed E-state index contributed by atoms with van der Waals surface area (Å²) in [6, 6.07) is 17.0. The molecule has 4 rings (SSSR count). The molecular weight excluding hydrogens is 494 g/mol. The van der Waals surface area contributed by atoms with E-state index in [0.717, 1.165) is 68.0 Å². The number of nitro benzene ring substituents is 1. The van der Waals surface area contributed by atoms with Crippen molar-refractivity contribution in [2.75, 3.05) is 26.2 Å². The molecule has 1 fully saturated rings. The summed E-state index contributed by atoms with van der Waals surface area (Å²) in [6.07, 6.45) is 4.43. The quantitative estimate of drug-likeness (QED) is 0.253. The molecule has 2 aliphatic rings. The minimum Gasteiger partial charge on any atom is -0.360 e. The minimum absolute atomic E-state index is 0.0160. The van der Waals surface area contributed by atoms with Crippen LogP contribution in [0.25, 0.3) is 0 Å². The van der Waals surface area contributed by atoms with Crippen molar-refractivity contribution >= 4 is 18.5 Å². The SMILES string of the molecule is CC1=C(NC=O)C(c2ccc([N+](=O)[O-])cc2)C(N(C=O)CCCN2CCC(C)(c3ccccc3)CC2)=C(C)N1. The molecule has 2 aromatic carbocycles. The van der Waals surface area contributed by atoms with Crippen LogP contribution in [-0.4, -0.2) is 53.7 Å². The fourth-order valence-electron chi connectivity index (χ4n) is 5.83. The van der Waals surface area contributed by atoms with Crippen molar-refractivity contribution in [1.29, 1.82) is 0 Å². The standard InChI is InChI=1S/C30H37N5O4/c1-22-28(31-20-36)27(24-10-12-26(13-11-24)35(38)39)29(23(2)32-22)34(21-37)17-7-16-33-18-14-30(3,15-19-33)25-8-5-4-6-9-25/h4-6,8-13,20-21,27,32H,7,14-19H2,1-3H3,(H,31,36). The second kappa shape index (κ2) is 12.3. The molecular formula is C30H37N5O4. The Hall–Kier alpha value is -3.98. The number of hydrogen-bond acceptors (Lipinski definition) is 6. The van der Waals surface area contributed by atoms with Crippen molar-refractivity contribution in [3.05, 3.63) is 98.6 Å². The number of carbonyl (C=O) groups is 2. The zero-order valence-electron chi connectivity index (χ0n) is 22.9. The van der Waals surface area contributed by atoms with E-state index in [9.17, 15) is 19.7 Å². The van der Waals surface area contributed by atoms with Crippen molar-refractivity contribution in [2.24, 2.45) is 0 Å². The van der Waals surface area contributed by atoms with Crippen LogP contribution in [0, 0.1) is 10.1 Å². The summed E-state index contributed by atoms with van der Waals surface area (Å²) < 4.78 is 0. The summed E-state index contributed by atoms with van der Waals surface area (Å²) in [6.45, 7) is 9.52. The van der Waals surface area contributed by atoms with Gasteiger partial charge in [-0.15, -0.1) is 0 Å². The van der Waals surface area contributed by atoms with Gasteiger partial charge in [-0.3, -0.25) is 19.7 Å². The fraction of sp³-hybridized carbons (Fsp3) is 0.400. The highest BCUT2D eigenvalue weighted by Crippen LogP contribution is 2.39. The maximum atomic E-state index is 12.4. The number of nitro groups is 1. The lowest BCUT2D eigenvalue weighted by molar-refractivity contribution is -0.384. The van der Waals surface area contributed by atoms with Crippen molar-refractivity contribution in [3.8, 4) is 0 Å². The van der Waals surface area contributed by atoms with Gasteiger partial charge in [0, 0.05) is 30.1 Å². The van der Waals surface area contributed by atoms with Crippen LogP contribution in [0.3, 0.4) is 0 Å². The molecule has 1 unspecified atom stereocenters. The topological polar surface area (TPSA) is 108 Å². The maximum absolute atomic E-state index is 12.4. The van der Waals surface area contributed by atoms with E-state index in [-0.39, 0.29) is 11.1 Å². The molecule has 2 N–H and O–H groups in total. The van der Waals surface area contributed by atoms with E-state index in [2.05, 4.69) is 52.8 Å². The first-order chi connectivity index (χ1) is 18.8. The number of nitrogens with one attached hydrogen (secondary N) is 2. The summed E-state index contributed by atoms with van der Waals surface area (Å²) in [5.41, 5.74) is 5.21. The maximum Gasteiger partial charge on any atom is 0.269 e. The van der Waals surface area contributed by atoms with Gasteiger partial charge in [-0.05, 0) is 69.3 Å². The molecule has 0 spiro atoms. The normalized spacial score (nSPS) is 19.3. The Labute approximate surface area is 229 Å². The average Bonchev–Trinajstić information content (AvgIpc) is 2.94. The summed E-state index contributed by atoms with van der Waals surface area (Å²) in [5.74, 6) is -0.455. The number of likely N-dealkylation sites (tertiary alicyclic amines) is 1. The van der Waals surface area contributed by atoms with Gasteiger partial charge in [-0.1, -0.05) is 49.4 Å². The second-order valence-corrected chi connectivity index (χ2v) is 10.6. The Morgan fingerprint density at radius 3 is 2.33 bits per heavy atom. The number of allylic oxidation sites excluding steroid dienone is 2. The first-order valence-electron chi connectivity index (χ1n) is 13.4. The van der Waals surface area contributed by atoms with E-state index in [1.165, 1.54) is 17.7 Å². The number of non-ortho nitro benzene ring substituents is 1. The van der Waals surface area contributed by atoms with Crippen LogP contribution in [0.15, 0.2) is 77.4 Å². The third-order valence-electron chi connectivity index (χ3n) is 8.12. The largest absolute Gasteiger partial charge is 0.360 e. The zero-order chi connectivity index (χ0) is 28.0. The third kappa shape index (κ3) is 6.20. The summed E-state index contributed by atoms with van der Waals surface area (Å²) in [4.78, 5) is 38.8. The zero-order valence-corrected chi connectivity index (χ0v) is 22.9. The van der Waals surface area contributed by atoms with Crippen LogP contribution in [-0.2, 0) is 15.0 Å². The van der Waals surface area contributed by atoms with Crippen LogP contribution in [0.4, 0.5) is 5.69 Å². The lowest BCUT2D eigenvalue weighted by Gasteiger charge is -2.40. The summed E-state index contributed by atoms with van der Waals surface area (Å²) in [5, 5.41) is 17.3. The van der Waals surface area contributed by atoms with Gasteiger partial charge in [0.1, 0.15) is 0 Å². The van der Waals surface area contributed by atoms with Gasteiger partial charge in [-0.2, -0.15) is 0 Å². The van der Waals surface area contributed by atoms with Crippen LogP contribution < -0.4 is 10.6 Å². The number of piperidine rings is 1. The van der Waals surface area contributed by atoms with Gasteiger partial charge in [0.15, 0.2) is 0 Å². The van der Waals surface area contributed by atoms with Crippen molar-refractivity contribution in [3.63, 3.8) is 0 Å². The van der Waals surface area contributed by atoms with Gasteiger partial charge in [-0.25, -0.2) is 0 Å². The number of rotatable bonds is 11.